The smallest absolute Gasteiger partial charge is 0.329 e. The van der Waals surface area contributed by atoms with E-state index in [1.165, 1.54) is 0 Å². The van der Waals surface area contributed by atoms with E-state index in [-0.39, 0.29) is 6.04 Å². The topological polar surface area (TPSA) is 105 Å². The molecule has 7 heteroatoms. The fraction of sp³-hybridized carbons (Fsp3) is 0.727. The number of carboxylic acid groups (broad SMARTS) is 1. The van der Waals surface area contributed by atoms with E-state index < -0.39 is 31.1 Å². The van der Waals surface area contributed by atoms with Crippen molar-refractivity contribution < 1.29 is 24.2 Å². The molecule has 1 unspecified atom stereocenters. The summed E-state index contributed by atoms with van der Waals surface area (Å²) in [5, 5.41) is 12.9. The maximum Gasteiger partial charge on any atom is 0.329 e. The zero-order chi connectivity index (χ0) is 14.0. The molecule has 0 aliphatic rings. The molecule has 0 saturated carbocycles. The van der Waals surface area contributed by atoms with Crippen molar-refractivity contribution >= 4 is 17.9 Å². The highest BCUT2D eigenvalue weighted by atomic mass is 16.5. The van der Waals surface area contributed by atoms with Gasteiger partial charge >= 0.3 is 12.0 Å². The minimum Gasteiger partial charge on any atom is -0.480 e. The van der Waals surface area contributed by atoms with Gasteiger partial charge in [-0.05, 0) is 13.3 Å². The number of hydrogen-bond donors (Lipinski definition) is 3. The molecule has 0 aromatic rings. The number of urea groups is 1. The van der Waals surface area contributed by atoms with Crippen molar-refractivity contribution in [1.82, 2.24) is 10.6 Å². The molecule has 0 aromatic heterocycles. The van der Waals surface area contributed by atoms with Gasteiger partial charge in [0.1, 0.15) is 13.2 Å². The number of carbonyl (C=O) groups is 3. The number of amides is 3. The Morgan fingerprint density at radius 1 is 1.28 bits per heavy atom. The summed E-state index contributed by atoms with van der Waals surface area (Å²) in [5.74, 6) is -1.84. The number of carbonyl (C=O) groups excluding carboxylic acids is 2. The van der Waals surface area contributed by atoms with Crippen LogP contribution in [0.4, 0.5) is 4.79 Å². The van der Waals surface area contributed by atoms with Crippen LogP contribution in [0.15, 0.2) is 0 Å². The van der Waals surface area contributed by atoms with E-state index in [0.29, 0.717) is 0 Å². The monoisotopic (exact) mass is 260 g/mol. The standard InChI is InChI=1S/C11H20N2O5/c1-3-4-5-8(2)12-11(17)13-9(14)6-18-7-10(15)16/h8H,3-7H2,1-2H3,(H,15,16)(H2,12,13,14,17). The second-order valence-electron chi connectivity index (χ2n) is 3.95. The predicted octanol–water partition coefficient (Wildman–Crippen LogP) is 0.492. The van der Waals surface area contributed by atoms with Crippen LogP contribution in [-0.2, 0) is 14.3 Å². The van der Waals surface area contributed by atoms with E-state index in [0.717, 1.165) is 19.3 Å². The van der Waals surface area contributed by atoms with Crippen LogP contribution in [0.3, 0.4) is 0 Å². The summed E-state index contributed by atoms with van der Waals surface area (Å²) in [6, 6.07) is -0.611. The van der Waals surface area contributed by atoms with E-state index >= 15 is 0 Å². The first-order valence-electron chi connectivity index (χ1n) is 5.85. The van der Waals surface area contributed by atoms with Crippen LogP contribution in [0.25, 0.3) is 0 Å². The first-order chi connectivity index (χ1) is 8.45. The zero-order valence-corrected chi connectivity index (χ0v) is 10.7. The second kappa shape index (κ2) is 9.41. The molecule has 0 aromatic carbocycles. The van der Waals surface area contributed by atoms with Gasteiger partial charge in [0.15, 0.2) is 0 Å². The number of unbranched alkanes of at least 4 members (excludes halogenated alkanes) is 1. The summed E-state index contributed by atoms with van der Waals surface area (Å²) in [4.78, 5) is 32.6. The van der Waals surface area contributed by atoms with Crippen LogP contribution in [-0.4, -0.2) is 42.3 Å². The van der Waals surface area contributed by atoms with E-state index in [1.807, 2.05) is 6.92 Å². The Bertz CT molecular complexity index is 293. The highest BCUT2D eigenvalue weighted by Gasteiger charge is 2.10. The minimum atomic E-state index is -1.17. The van der Waals surface area contributed by atoms with Gasteiger partial charge in [0, 0.05) is 6.04 Å². The highest BCUT2D eigenvalue weighted by molar-refractivity contribution is 5.95. The summed E-state index contributed by atoms with van der Waals surface area (Å²) in [6.07, 6.45) is 2.88. The average Bonchev–Trinajstić information content (AvgIpc) is 2.25. The summed E-state index contributed by atoms with van der Waals surface area (Å²) < 4.78 is 4.54. The summed E-state index contributed by atoms with van der Waals surface area (Å²) >= 11 is 0. The quantitative estimate of drug-likeness (QED) is 0.589. The molecule has 0 radical (unpaired) electrons. The first kappa shape index (κ1) is 16.4. The lowest BCUT2D eigenvalue weighted by Gasteiger charge is -2.13. The third kappa shape index (κ3) is 9.59. The van der Waals surface area contributed by atoms with Gasteiger partial charge in [0.05, 0.1) is 0 Å². The fourth-order valence-corrected chi connectivity index (χ4v) is 1.24. The van der Waals surface area contributed by atoms with Crippen molar-refractivity contribution in [2.24, 2.45) is 0 Å². The van der Waals surface area contributed by atoms with Crippen molar-refractivity contribution in [3.05, 3.63) is 0 Å². The lowest BCUT2D eigenvalue weighted by molar-refractivity contribution is -0.143. The molecule has 0 aliphatic carbocycles. The molecule has 0 saturated heterocycles. The Kier molecular flexibility index (Phi) is 8.55. The first-order valence-corrected chi connectivity index (χ1v) is 5.85. The molecule has 0 fully saturated rings. The van der Waals surface area contributed by atoms with Gasteiger partial charge in [-0.2, -0.15) is 0 Å². The van der Waals surface area contributed by atoms with Gasteiger partial charge in [0.25, 0.3) is 5.91 Å². The lowest BCUT2D eigenvalue weighted by atomic mass is 10.1. The van der Waals surface area contributed by atoms with Gasteiger partial charge in [-0.1, -0.05) is 19.8 Å². The Balaban J connectivity index is 3.73. The lowest BCUT2D eigenvalue weighted by Crippen LogP contribution is -2.44. The Labute approximate surface area is 106 Å². The van der Waals surface area contributed by atoms with E-state index in [4.69, 9.17) is 5.11 Å². The van der Waals surface area contributed by atoms with E-state index in [2.05, 4.69) is 22.3 Å². The van der Waals surface area contributed by atoms with Gasteiger partial charge in [-0.15, -0.1) is 0 Å². The molecule has 3 N–H and O–H groups in total. The summed E-state index contributed by atoms with van der Waals surface area (Å²) in [5.41, 5.74) is 0. The maximum absolute atomic E-state index is 11.3. The normalized spacial score (nSPS) is 11.7. The van der Waals surface area contributed by atoms with Crippen molar-refractivity contribution in [2.75, 3.05) is 13.2 Å². The minimum absolute atomic E-state index is 0.0160. The molecule has 1 atom stereocenters. The predicted molar refractivity (Wildman–Crippen MR) is 64.1 cm³/mol. The van der Waals surface area contributed by atoms with E-state index in [9.17, 15) is 14.4 Å². The number of carboxylic acids is 1. The summed E-state index contributed by atoms with van der Waals surface area (Å²) in [6.45, 7) is 2.88. The van der Waals surface area contributed by atoms with Crippen molar-refractivity contribution in [3.8, 4) is 0 Å². The number of aliphatic carboxylic acids is 1. The van der Waals surface area contributed by atoms with Gasteiger partial charge in [-0.25, -0.2) is 9.59 Å². The number of rotatable bonds is 8. The third-order valence-corrected chi connectivity index (χ3v) is 2.08. The van der Waals surface area contributed by atoms with Crippen LogP contribution >= 0.6 is 0 Å². The molecule has 0 spiro atoms. The van der Waals surface area contributed by atoms with Crippen molar-refractivity contribution in [2.45, 2.75) is 39.2 Å². The largest absolute Gasteiger partial charge is 0.480 e. The van der Waals surface area contributed by atoms with Crippen LogP contribution in [0.1, 0.15) is 33.1 Å². The molecule has 7 nitrogen and oxygen atoms in total. The van der Waals surface area contributed by atoms with Crippen LogP contribution in [0.5, 0.6) is 0 Å². The number of ether oxygens (including phenoxy) is 1. The van der Waals surface area contributed by atoms with Crippen LogP contribution < -0.4 is 10.6 Å². The Hall–Kier alpha value is -1.63. The van der Waals surface area contributed by atoms with E-state index in [1.54, 1.807) is 0 Å². The third-order valence-electron chi connectivity index (χ3n) is 2.08. The maximum atomic E-state index is 11.3. The number of nitrogens with one attached hydrogen (secondary N) is 2. The average molecular weight is 260 g/mol. The molecule has 104 valence electrons. The van der Waals surface area contributed by atoms with Crippen LogP contribution in [0, 0.1) is 0 Å². The summed E-state index contributed by atoms with van der Waals surface area (Å²) in [7, 11) is 0. The molecule has 18 heavy (non-hydrogen) atoms. The van der Waals surface area contributed by atoms with Crippen molar-refractivity contribution in [1.29, 1.82) is 0 Å². The molecule has 0 bridgehead atoms. The molecule has 0 heterocycles. The molecule has 3 amide bonds. The second-order valence-corrected chi connectivity index (χ2v) is 3.95. The highest BCUT2D eigenvalue weighted by Crippen LogP contribution is 1.98. The van der Waals surface area contributed by atoms with Gasteiger partial charge in [-0.3, -0.25) is 10.1 Å². The van der Waals surface area contributed by atoms with Crippen molar-refractivity contribution in [3.63, 3.8) is 0 Å². The van der Waals surface area contributed by atoms with Gasteiger partial charge in [0.2, 0.25) is 0 Å². The zero-order valence-electron chi connectivity index (χ0n) is 10.7. The molecule has 0 aliphatic heterocycles. The fourth-order valence-electron chi connectivity index (χ4n) is 1.24. The molecule has 0 rings (SSSR count). The molecular weight excluding hydrogens is 240 g/mol. The number of imide groups is 1. The molecular formula is C11H20N2O5. The number of hydrogen-bond acceptors (Lipinski definition) is 4. The Morgan fingerprint density at radius 3 is 2.50 bits per heavy atom. The van der Waals surface area contributed by atoms with Crippen LogP contribution in [0.2, 0.25) is 0 Å². The SMILES string of the molecule is CCCCC(C)NC(=O)NC(=O)COCC(=O)O. The Morgan fingerprint density at radius 2 is 1.94 bits per heavy atom. The van der Waals surface area contributed by atoms with Gasteiger partial charge < -0.3 is 15.2 Å².